The summed E-state index contributed by atoms with van der Waals surface area (Å²) in [6, 6.07) is 9.42. The number of cyclic esters (lactones) is 1. The van der Waals surface area contributed by atoms with E-state index in [2.05, 4.69) is 20.9 Å². The molecule has 1 atom stereocenters. The largest absolute Gasteiger partial charge is 0.457 e. The van der Waals surface area contributed by atoms with Crippen LogP contribution in [-0.4, -0.2) is 54.2 Å². The quantitative estimate of drug-likeness (QED) is 0.719. The molecule has 1 aromatic heterocycles. The van der Waals surface area contributed by atoms with Crippen molar-refractivity contribution < 1.29 is 14.6 Å². The van der Waals surface area contributed by atoms with Crippen LogP contribution >= 0.6 is 0 Å². The fourth-order valence-corrected chi connectivity index (χ4v) is 4.58. The number of carbonyl (C=O) groups is 1. The van der Waals surface area contributed by atoms with E-state index in [0.29, 0.717) is 30.2 Å². The van der Waals surface area contributed by atoms with Crippen LogP contribution in [0.3, 0.4) is 0 Å². The number of nitrogens with zero attached hydrogens (tertiary/aromatic N) is 4. The van der Waals surface area contributed by atoms with Crippen molar-refractivity contribution in [1.29, 1.82) is 5.26 Å². The van der Waals surface area contributed by atoms with E-state index in [1.807, 2.05) is 26.1 Å². The van der Waals surface area contributed by atoms with E-state index >= 15 is 0 Å². The fraction of sp³-hybridized carbons (Fsp3) is 0.458. The predicted octanol–water partition coefficient (Wildman–Crippen LogP) is 2.81. The Morgan fingerprint density at radius 3 is 2.77 bits per heavy atom. The Kier molecular flexibility index (Phi) is 6.21. The van der Waals surface area contributed by atoms with Gasteiger partial charge in [-0.15, -0.1) is 0 Å². The summed E-state index contributed by atoms with van der Waals surface area (Å²) in [4.78, 5) is 20.6. The van der Waals surface area contributed by atoms with Crippen molar-refractivity contribution in [3.05, 3.63) is 58.3 Å². The summed E-state index contributed by atoms with van der Waals surface area (Å²) in [5.74, 6) is 1.18. The van der Waals surface area contributed by atoms with Gasteiger partial charge < -0.3 is 19.6 Å². The van der Waals surface area contributed by atoms with E-state index in [4.69, 9.17) is 10.00 Å². The molecular weight excluding hydrogens is 392 g/mol. The summed E-state index contributed by atoms with van der Waals surface area (Å²) in [6.45, 7) is 5.66. The minimum atomic E-state index is -0.580. The third-order valence-corrected chi connectivity index (χ3v) is 6.51. The number of aliphatic hydroxyl groups excluding tert-OH is 1. The van der Waals surface area contributed by atoms with Gasteiger partial charge in [-0.3, -0.25) is 0 Å². The Balaban J connectivity index is 1.29. The number of nitriles is 1. The number of rotatable bonds is 6. The maximum atomic E-state index is 11.7. The van der Waals surface area contributed by atoms with E-state index in [1.165, 1.54) is 0 Å². The lowest BCUT2D eigenvalue weighted by Gasteiger charge is -2.35. The molecule has 2 aromatic rings. The van der Waals surface area contributed by atoms with Crippen LogP contribution in [0.1, 0.15) is 51.6 Å². The lowest BCUT2D eigenvalue weighted by molar-refractivity contribution is 0.0535. The Morgan fingerprint density at radius 1 is 1.32 bits per heavy atom. The molecule has 0 unspecified atom stereocenters. The molecule has 7 heteroatoms. The van der Waals surface area contributed by atoms with Gasteiger partial charge in [-0.25, -0.2) is 9.78 Å². The van der Waals surface area contributed by atoms with Crippen LogP contribution in [0.5, 0.6) is 0 Å². The maximum Gasteiger partial charge on any atom is 0.338 e. The Labute approximate surface area is 182 Å². The van der Waals surface area contributed by atoms with Gasteiger partial charge in [0.15, 0.2) is 0 Å². The number of β-amino-alcohol motifs (C(OH)–C–C–N with tert-alkyl or cyclic N) is 1. The number of esters is 1. The van der Waals surface area contributed by atoms with E-state index in [9.17, 15) is 9.90 Å². The molecule has 162 valence electrons. The van der Waals surface area contributed by atoms with Crippen LogP contribution in [0, 0.1) is 24.2 Å². The van der Waals surface area contributed by atoms with Gasteiger partial charge in [-0.1, -0.05) is 6.07 Å². The molecule has 7 nitrogen and oxygen atoms in total. The zero-order valence-electron chi connectivity index (χ0n) is 18.0. The number of hydrogen-bond acceptors (Lipinski definition) is 7. The van der Waals surface area contributed by atoms with Gasteiger partial charge in [0.1, 0.15) is 18.5 Å². The van der Waals surface area contributed by atoms with E-state index in [0.717, 1.165) is 55.0 Å². The van der Waals surface area contributed by atoms with Gasteiger partial charge in [0, 0.05) is 31.9 Å². The van der Waals surface area contributed by atoms with Gasteiger partial charge in [0.2, 0.25) is 0 Å². The Hall–Kier alpha value is -2.95. The van der Waals surface area contributed by atoms with Crippen LogP contribution in [-0.2, 0) is 11.3 Å². The molecule has 31 heavy (non-hydrogen) atoms. The molecule has 3 heterocycles. The second kappa shape index (κ2) is 9.04. The number of benzene rings is 1. The van der Waals surface area contributed by atoms with Crippen molar-refractivity contribution >= 4 is 11.8 Å². The highest BCUT2D eigenvalue weighted by molar-refractivity contribution is 5.93. The average Bonchev–Trinajstić information content (AvgIpc) is 3.17. The van der Waals surface area contributed by atoms with Gasteiger partial charge in [0.25, 0.3) is 0 Å². The fourth-order valence-electron chi connectivity index (χ4n) is 4.58. The number of likely N-dealkylation sites (tertiary alicyclic amines) is 1. The van der Waals surface area contributed by atoms with Crippen molar-refractivity contribution in [3.63, 3.8) is 0 Å². The number of anilines is 1. The summed E-state index contributed by atoms with van der Waals surface area (Å²) in [7, 11) is 2.04. The van der Waals surface area contributed by atoms with Gasteiger partial charge >= 0.3 is 5.97 Å². The molecule has 0 saturated carbocycles. The first-order chi connectivity index (χ1) is 15.0. The number of aliphatic hydroxyl groups is 1. The zero-order chi connectivity index (χ0) is 22.0. The number of piperidine rings is 1. The SMILES string of the molecule is Cc1c([C@H](O)CN2CCC(CN(C)c3ccc(C#N)cn3)CC2)ccc2c1COC2=O. The van der Waals surface area contributed by atoms with E-state index in [-0.39, 0.29) is 5.97 Å². The topological polar surface area (TPSA) is 89.7 Å². The summed E-state index contributed by atoms with van der Waals surface area (Å²) in [5, 5.41) is 19.8. The van der Waals surface area contributed by atoms with Crippen molar-refractivity contribution in [2.75, 3.05) is 38.1 Å². The average molecular weight is 421 g/mol. The van der Waals surface area contributed by atoms with Crippen LogP contribution in [0.25, 0.3) is 0 Å². The normalized spacial score (nSPS) is 17.7. The molecule has 0 aliphatic carbocycles. The maximum absolute atomic E-state index is 11.7. The highest BCUT2D eigenvalue weighted by Gasteiger charge is 2.27. The number of pyridine rings is 1. The number of fused-ring (bicyclic) bond motifs is 1. The van der Waals surface area contributed by atoms with Crippen LogP contribution in [0.2, 0.25) is 0 Å². The molecule has 0 bridgehead atoms. The Bertz CT molecular complexity index is 991. The van der Waals surface area contributed by atoms with Gasteiger partial charge in [-0.2, -0.15) is 5.26 Å². The molecule has 0 amide bonds. The number of ether oxygens (including phenoxy) is 1. The lowest BCUT2D eigenvalue weighted by atomic mass is 9.93. The first-order valence-electron chi connectivity index (χ1n) is 10.7. The Morgan fingerprint density at radius 2 is 2.10 bits per heavy atom. The lowest BCUT2D eigenvalue weighted by Crippen LogP contribution is -2.39. The first-order valence-corrected chi connectivity index (χ1v) is 10.7. The minimum absolute atomic E-state index is 0.276. The number of carbonyl (C=O) groups excluding carboxylic acids is 1. The molecule has 1 saturated heterocycles. The monoisotopic (exact) mass is 420 g/mol. The molecule has 0 radical (unpaired) electrons. The number of aromatic nitrogens is 1. The van der Waals surface area contributed by atoms with Gasteiger partial charge in [0.05, 0.1) is 17.2 Å². The van der Waals surface area contributed by atoms with Gasteiger partial charge in [-0.05, 0) is 68.1 Å². The highest BCUT2D eigenvalue weighted by atomic mass is 16.5. The standard InChI is InChI=1S/C24H28N4O3/c1-16-19(4-5-20-21(16)15-31-24(20)30)22(29)14-28-9-7-17(8-10-28)13-27(2)23-6-3-18(11-25)12-26-23/h3-6,12,17,22,29H,7-10,13-15H2,1-2H3/t22-/m1/s1. The van der Waals surface area contributed by atoms with Crippen LogP contribution in [0.4, 0.5) is 5.82 Å². The molecule has 2 aliphatic heterocycles. The third kappa shape index (κ3) is 4.55. The summed E-state index contributed by atoms with van der Waals surface area (Å²) >= 11 is 0. The van der Waals surface area contributed by atoms with Crippen molar-refractivity contribution in [2.24, 2.45) is 5.92 Å². The third-order valence-electron chi connectivity index (χ3n) is 6.51. The molecule has 0 spiro atoms. The second-order valence-electron chi connectivity index (χ2n) is 8.54. The van der Waals surface area contributed by atoms with E-state index < -0.39 is 6.10 Å². The van der Waals surface area contributed by atoms with Crippen molar-refractivity contribution in [3.8, 4) is 6.07 Å². The number of hydrogen-bond donors (Lipinski definition) is 1. The summed E-state index contributed by atoms with van der Waals surface area (Å²) in [5.41, 5.74) is 3.93. The van der Waals surface area contributed by atoms with Crippen LogP contribution in [0.15, 0.2) is 30.5 Å². The van der Waals surface area contributed by atoms with Crippen LogP contribution < -0.4 is 4.90 Å². The molecule has 4 rings (SSSR count). The highest BCUT2D eigenvalue weighted by Crippen LogP contribution is 2.30. The zero-order valence-corrected chi connectivity index (χ0v) is 18.0. The molecule has 1 fully saturated rings. The first kappa shape index (κ1) is 21.3. The molecule has 1 aromatic carbocycles. The summed E-state index contributed by atoms with van der Waals surface area (Å²) < 4.78 is 5.12. The predicted molar refractivity (Wildman–Crippen MR) is 117 cm³/mol. The molecule has 2 aliphatic rings. The van der Waals surface area contributed by atoms with Crippen molar-refractivity contribution in [2.45, 2.75) is 32.5 Å². The summed E-state index contributed by atoms with van der Waals surface area (Å²) in [6.07, 6.45) is 3.17. The smallest absolute Gasteiger partial charge is 0.338 e. The van der Waals surface area contributed by atoms with E-state index in [1.54, 1.807) is 18.3 Å². The molecular formula is C24H28N4O3. The molecule has 1 N–H and O–H groups in total. The van der Waals surface area contributed by atoms with Crippen molar-refractivity contribution in [1.82, 2.24) is 9.88 Å². The second-order valence-corrected chi connectivity index (χ2v) is 8.54. The minimum Gasteiger partial charge on any atom is -0.457 e.